The van der Waals surface area contributed by atoms with Gasteiger partial charge in [0, 0.05) is 29.7 Å². The van der Waals surface area contributed by atoms with E-state index in [-0.39, 0.29) is 6.04 Å². The van der Waals surface area contributed by atoms with Crippen LogP contribution in [0.1, 0.15) is 30.7 Å². The molecule has 0 aliphatic heterocycles. The minimum absolute atomic E-state index is 0.210. The van der Waals surface area contributed by atoms with Crippen LogP contribution in [0.4, 0.5) is 0 Å². The third-order valence-corrected chi connectivity index (χ3v) is 3.52. The quantitative estimate of drug-likeness (QED) is 0.852. The van der Waals surface area contributed by atoms with Crippen molar-refractivity contribution in [2.75, 3.05) is 0 Å². The molecular weight excluding hydrogens is 212 g/mol. The zero-order valence-electron chi connectivity index (χ0n) is 10.6. The summed E-state index contributed by atoms with van der Waals surface area (Å²) in [5, 5.41) is 11.4. The second-order valence-electron chi connectivity index (χ2n) is 4.65. The summed E-state index contributed by atoms with van der Waals surface area (Å²) in [5.74, 6) is 0. The van der Waals surface area contributed by atoms with E-state index in [0.717, 1.165) is 17.6 Å². The molecule has 1 aromatic heterocycles. The zero-order valence-corrected chi connectivity index (χ0v) is 10.6. The fraction of sp³-hybridized carbons (Fsp3) is 0.429. The normalized spacial score (nSPS) is 15.1. The summed E-state index contributed by atoms with van der Waals surface area (Å²) in [4.78, 5) is 0. The Labute approximate surface area is 102 Å². The van der Waals surface area contributed by atoms with Crippen molar-refractivity contribution in [2.24, 2.45) is 12.8 Å². The van der Waals surface area contributed by atoms with Gasteiger partial charge >= 0.3 is 0 Å². The first-order valence-corrected chi connectivity index (χ1v) is 6.04. The molecular formula is C14H20N2O. The molecule has 92 valence electrons. The molecule has 0 spiro atoms. The van der Waals surface area contributed by atoms with Crippen LogP contribution in [0.25, 0.3) is 10.9 Å². The van der Waals surface area contributed by atoms with E-state index in [2.05, 4.69) is 19.1 Å². The number of aliphatic hydroxyl groups is 1. The van der Waals surface area contributed by atoms with Crippen molar-refractivity contribution >= 4 is 10.9 Å². The number of aromatic nitrogens is 1. The molecule has 0 aliphatic carbocycles. The Kier molecular flexibility index (Phi) is 3.22. The van der Waals surface area contributed by atoms with Crippen molar-refractivity contribution in [3.8, 4) is 0 Å². The topological polar surface area (TPSA) is 51.2 Å². The van der Waals surface area contributed by atoms with Gasteiger partial charge in [-0.1, -0.05) is 19.1 Å². The molecule has 17 heavy (non-hydrogen) atoms. The van der Waals surface area contributed by atoms with Crippen LogP contribution in [0.3, 0.4) is 0 Å². The van der Waals surface area contributed by atoms with Crippen molar-refractivity contribution in [1.82, 2.24) is 4.57 Å². The third-order valence-electron chi connectivity index (χ3n) is 3.52. The predicted molar refractivity (Wildman–Crippen MR) is 70.9 cm³/mol. The number of nitrogens with two attached hydrogens (primary N) is 1. The molecule has 2 unspecified atom stereocenters. The van der Waals surface area contributed by atoms with Crippen LogP contribution in [-0.4, -0.2) is 15.7 Å². The van der Waals surface area contributed by atoms with Crippen molar-refractivity contribution in [3.05, 3.63) is 35.5 Å². The molecule has 3 heteroatoms. The summed E-state index contributed by atoms with van der Waals surface area (Å²) in [7, 11) is 1.97. The van der Waals surface area contributed by atoms with E-state index in [1.165, 1.54) is 10.9 Å². The largest absolute Gasteiger partial charge is 0.385 e. The standard InChI is InChI=1S/C14H20N2O/c1-4-11(15)14(17)13-8-10-9(2)6-5-7-12(10)16(13)3/h5-8,11,14,17H,4,15H2,1-3H3. The van der Waals surface area contributed by atoms with Gasteiger partial charge < -0.3 is 15.4 Å². The monoisotopic (exact) mass is 232 g/mol. The zero-order chi connectivity index (χ0) is 12.6. The van der Waals surface area contributed by atoms with Crippen LogP contribution >= 0.6 is 0 Å². The minimum atomic E-state index is -0.600. The molecule has 0 saturated heterocycles. The molecule has 0 fully saturated rings. The fourth-order valence-corrected chi connectivity index (χ4v) is 2.26. The lowest BCUT2D eigenvalue weighted by Crippen LogP contribution is -2.28. The Hall–Kier alpha value is -1.32. The molecule has 0 radical (unpaired) electrons. The number of rotatable bonds is 3. The molecule has 0 bridgehead atoms. The van der Waals surface area contributed by atoms with E-state index >= 15 is 0 Å². The Bertz CT molecular complexity index is 530. The van der Waals surface area contributed by atoms with Crippen molar-refractivity contribution < 1.29 is 5.11 Å². The van der Waals surface area contributed by atoms with Crippen LogP contribution in [-0.2, 0) is 7.05 Å². The van der Waals surface area contributed by atoms with Crippen molar-refractivity contribution in [2.45, 2.75) is 32.4 Å². The van der Waals surface area contributed by atoms with Crippen LogP contribution < -0.4 is 5.73 Å². The maximum atomic E-state index is 10.2. The highest BCUT2D eigenvalue weighted by Crippen LogP contribution is 2.27. The lowest BCUT2D eigenvalue weighted by molar-refractivity contribution is 0.137. The van der Waals surface area contributed by atoms with Crippen molar-refractivity contribution in [3.63, 3.8) is 0 Å². The maximum absolute atomic E-state index is 10.2. The molecule has 2 aromatic rings. The summed E-state index contributed by atoms with van der Waals surface area (Å²) in [6.07, 6.45) is 0.165. The number of benzene rings is 1. The first kappa shape index (κ1) is 12.1. The molecule has 3 N–H and O–H groups in total. The highest BCUT2D eigenvalue weighted by molar-refractivity contribution is 5.84. The molecule has 1 aromatic carbocycles. The van der Waals surface area contributed by atoms with Gasteiger partial charge in [-0.15, -0.1) is 0 Å². The van der Waals surface area contributed by atoms with Gasteiger partial charge in [0.25, 0.3) is 0 Å². The van der Waals surface area contributed by atoms with E-state index in [4.69, 9.17) is 5.73 Å². The number of hydrogen-bond acceptors (Lipinski definition) is 2. The highest BCUT2D eigenvalue weighted by Gasteiger charge is 2.19. The first-order valence-electron chi connectivity index (χ1n) is 6.04. The van der Waals surface area contributed by atoms with Crippen molar-refractivity contribution in [1.29, 1.82) is 0 Å². The number of aliphatic hydroxyl groups excluding tert-OH is 1. The maximum Gasteiger partial charge on any atom is 0.109 e. The summed E-state index contributed by atoms with van der Waals surface area (Å²) >= 11 is 0. The minimum Gasteiger partial charge on any atom is -0.385 e. The second kappa shape index (κ2) is 4.51. The van der Waals surface area contributed by atoms with E-state index < -0.39 is 6.10 Å². The van der Waals surface area contributed by atoms with E-state index in [9.17, 15) is 5.11 Å². The van der Waals surface area contributed by atoms with Crippen LogP contribution in [0.15, 0.2) is 24.3 Å². The van der Waals surface area contributed by atoms with E-state index in [0.29, 0.717) is 0 Å². The summed E-state index contributed by atoms with van der Waals surface area (Å²) in [6, 6.07) is 8.02. The first-order chi connectivity index (χ1) is 8.06. The smallest absolute Gasteiger partial charge is 0.109 e. The second-order valence-corrected chi connectivity index (χ2v) is 4.65. The van der Waals surface area contributed by atoms with Gasteiger partial charge in [0.15, 0.2) is 0 Å². The lowest BCUT2D eigenvalue weighted by atomic mass is 10.1. The van der Waals surface area contributed by atoms with Gasteiger partial charge in [0.05, 0.1) is 0 Å². The van der Waals surface area contributed by atoms with Gasteiger partial charge in [0.1, 0.15) is 6.10 Å². The predicted octanol–water partition coefficient (Wildman–Crippen LogP) is 2.26. The average molecular weight is 232 g/mol. The summed E-state index contributed by atoms with van der Waals surface area (Å²) in [5.41, 5.74) is 9.17. The lowest BCUT2D eigenvalue weighted by Gasteiger charge is -2.18. The number of nitrogens with zero attached hydrogens (tertiary/aromatic N) is 1. The average Bonchev–Trinajstić information content (AvgIpc) is 2.67. The van der Waals surface area contributed by atoms with E-state index in [1.54, 1.807) is 0 Å². The number of aryl methyl sites for hydroxylation is 2. The van der Waals surface area contributed by atoms with Crippen LogP contribution in [0, 0.1) is 6.92 Å². The molecule has 0 amide bonds. The summed E-state index contributed by atoms with van der Waals surface area (Å²) < 4.78 is 2.03. The SMILES string of the molecule is CCC(N)C(O)c1cc2c(C)cccc2n1C. The molecule has 3 nitrogen and oxygen atoms in total. The van der Waals surface area contributed by atoms with Gasteiger partial charge in [-0.2, -0.15) is 0 Å². The van der Waals surface area contributed by atoms with Gasteiger partial charge in [-0.3, -0.25) is 0 Å². The molecule has 2 atom stereocenters. The summed E-state index contributed by atoms with van der Waals surface area (Å²) in [6.45, 7) is 4.07. The van der Waals surface area contributed by atoms with Crippen LogP contribution in [0.2, 0.25) is 0 Å². The number of fused-ring (bicyclic) bond motifs is 1. The van der Waals surface area contributed by atoms with Gasteiger partial charge in [-0.05, 0) is 31.0 Å². The molecule has 0 saturated carbocycles. The molecule has 0 aliphatic rings. The third kappa shape index (κ3) is 1.96. The molecule has 2 rings (SSSR count). The Morgan fingerprint density at radius 2 is 2.12 bits per heavy atom. The number of hydrogen-bond donors (Lipinski definition) is 2. The fourth-order valence-electron chi connectivity index (χ4n) is 2.26. The Morgan fingerprint density at radius 3 is 2.71 bits per heavy atom. The Morgan fingerprint density at radius 1 is 1.41 bits per heavy atom. The van der Waals surface area contributed by atoms with Gasteiger partial charge in [-0.25, -0.2) is 0 Å². The molecule has 1 heterocycles. The highest BCUT2D eigenvalue weighted by atomic mass is 16.3. The van der Waals surface area contributed by atoms with Gasteiger partial charge in [0.2, 0.25) is 0 Å². The van der Waals surface area contributed by atoms with E-state index in [1.807, 2.05) is 30.7 Å². The Balaban J connectivity index is 2.56. The van der Waals surface area contributed by atoms with Crippen LogP contribution in [0.5, 0.6) is 0 Å².